The standard InChI is InChI=1S/C12H18F3NO/c1-9-5-6-11(17-9)10(2)16-8-4-3-7-12(13,14)15/h5-6,10,16H,3-4,7-8H2,1-2H3. The van der Waals surface area contributed by atoms with Crippen molar-refractivity contribution >= 4 is 0 Å². The second-order valence-corrected chi connectivity index (χ2v) is 4.20. The summed E-state index contributed by atoms with van der Waals surface area (Å²) in [5.74, 6) is 1.66. The lowest BCUT2D eigenvalue weighted by atomic mass is 10.2. The largest absolute Gasteiger partial charge is 0.465 e. The zero-order chi connectivity index (χ0) is 12.9. The first-order chi connectivity index (χ1) is 7.88. The van der Waals surface area contributed by atoms with Crippen molar-refractivity contribution in [1.29, 1.82) is 0 Å². The van der Waals surface area contributed by atoms with Crippen LogP contribution in [0.5, 0.6) is 0 Å². The molecule has 0 saturated carbocycles. The Morgan fingerprint density at radius 3 is 2.53 bits per heavy atom. The Morgan fingerprint density at radius 2 is 2.00 bits per heavy atom. The predicted octanol–water partition coefficient (Wildman–Crippen LogP) is 3.97. The topological polar surface area (TPSA) is 25.2 Å². The van der Waals surface area contributed by atoms with Crippen LogP contribution in [0.3, 0.4) is 0 Å². The molecule has 1 atom stereocenters. The zero-order valence-electron chi connectivity index (χ0n) is 10.1. The lowest BCUT2D eigenvalue weighted by molar-refractivity contribution is -0.135. The minimum absolute atomic E-state index is 0.0367. The first-order valence-electron chi connectivity index (χ1n) is 5.75. The molecule has 1 heterocycles. The van der Waals surface area contributed by atoms with Gasteiger partial charge in [0.2, 0.25) is 0 Å². The molecule has 0 saturated heterocycles. The second-order valence-electron chi connectivity index (χ2n) is 4.20. The molecular formula is C12H18F3NO. The zero-order valence-corrected chi connectivity index (χ0v) is 10.1. The van der Waals surface area contributed by atoms with E-state index in [-0.39, 0.29) is 12.5 Å². The predicted molar refractivity (Wildman–Crippen MR) is 59.8 cm³/mol. The molecule has 0 aliphatic heterocycles. The van der Waals surface area contributed by atoms with Crippen molar-refractivity contribution in [3.63, 3.8) is 0 Å². The molecule has 5 heteroatoms. The highest BCUT2D eigenvalue weighted by molar-refractivity contribution is 5.08. The Labute approximate surface area is 99.2 Å². The van der Waals surface area contributed by atoms with Gasteiger partial charge >= 0.3 is 6.18 Å². The molecule has 1 aromatic rings. The molecule has 0 bridgehead atoms. The van der Waals surface area contributed by atoms with E-state index in [4.69, 9.17) is 4.42 Å². The average Bonchev–Trinajstić information content (AvgIpc) is 2.62. The van der Waals surface area contributed by atoms with E-state index in [1.807, 2.05) is 26.0 Å². The van der Waals surface area contributed by atoms with E-state index in [1.165, 1.54) is 0 Å². The van der Waals surface area contributed by atoms with Crippen LogP contribution in [-0.4, -0.2) is 12.7 Å². The van der Waals surface area contributed by atoms with Gasteiger partial charge in [-0.1, -0.05) is 0 Å². The molecule has 1 unspecified atom stereocenters. The summed E-state index contributed by atoms with van der Waals surface area (Å²) in [6, 6.07) is 3.79. The smallest absolute Gasteiger partial charge is 0.389 e. The van der Waals surface area contributed by atoms with Gasteiger partial charge in [-0.05, 0) is 45.4 Å². The van der Waals surface area contributed by atoms with E-state index in [1.54, 1.807) is 0 Å². The number of nitrogens with one attached hydrogen (secondary N) is 1. The number of aryl methyl sites for hydroxylation is 1. The molecule has 0 aromatic carbocycles. The third-order valence-electron chi connectivity index (χ3n) is 2.53. The van der Waals surface area contributed by atoms with Crippen LogP contribution < -0.4 is 5.32 Å². The van der Waals surface area contributed by atoms with Crippen molar-refractivity contribution in [1.82, 2.24) is 5.32 Å². The van der Waals surface area contributed by atoms with Gasteiger partial charge in [-0.25, -0.2) is 0 Å². The van der Waals surface area contributed by atoms with Crippen LogP contribution in [0.4, 0.5) is 13.2 Å². The van der Waals surface area contributed by atoms with Gasteiger partial charge in [-0.2, -0.15) is 13.2 Å². The van der Waals surface area contributed by atoms with Crippen LogP contribution in [0.25, 0.3) is 0 Å². The second kappa shape index (κ2) is 6.10. The van der Waals surface area contributed by atoms with Gasteiger partial charge in [0.05, 0.1) is 6.04 Å². The molecule has 0 spiro atoms. The van der Waals surface area contributed by atoms with Crippen LogP contribution in [0.2, 0.25) is 0 Å². The van der Waals surface area contributed by atoms with E-state index < -0.39 is 12.6 Å². The van der Waals surface area contributed by atoms with E-state index in [0.29, 0.717) is 13.0 Å². The number of unbranched alkanes of at least 4 members (excludes halogenated alkanes) is 1. The maximum atomic E-state index is 11.9. The summed E-state index contributed by atoms with van der Waals surface area (Å²) in [6.45, 7) is 4.36. The molecule has 1 rings (SSSR count). The van der Waals surface area contributed by atoms with E-state index in [0.717, 1.165) is 11.5 Å². The Hall–Kier alpha value is -0.970. The van der Waals surface area contributed by atoms with Gasteiger partial charge in [0.1, 0.15) is 11.5 Å². The molecule has 98 valence electrons. The molecule has 0 amide bonds. The Morgan fingerprint density at radius 1 is 1.29 bits per heavy atom. The molecule has 2 nitrogen and oxygen atoms in total. The minimum atomic E-state index is -4.04. The average molecular weight is 249 g/mol. The van der Waals surface area contributed by atoms with Gasteiger partial charge in [0, 0.05) is 6.42 Å². The highest BCUT2D eigenvalue weighted by atomic mass is 19.4. The summed E-state index contributed by atoms with van der Waals surface area (Å²) in [5, 5.41) is 3.14. The number of rotatable bonds is 6. The molecule has 1 aromatic heterocycles. The Kier molecular flexibility index (Phi) is 5.05. The van der Waals surface area contributed by atoms with Gasteiger partial charge < -0.3 is 9.73 Å². The Bertz CT molecular complexity index is 333. The highest BCUT2D eigenvalue weighted by Gasteiger charge is 2.25. The van der Waals surface area contributed by atoms with Crippen LogP contribution in [0, 0.1) is 6.92 Å². The monoisotopic (exact) mass is 249 g/mol. The number of hydrogen-bond donors (Lipinski definition) is 1. The van der Waals surface area contributed by atoms with Gasteiger partial charge in [0.15, 0.2) is 0 Å². The van der Waals surface area contributed by atoms with Gasteiger partial charge in [-0.15, -0.1) is 0 Å². The highest BCUT2D eigenvalue weighted by Crippen LogP contribution is 2.22. The maximum Gasteiger partial charge on any atom is 0.389 e. The summed E-state index contributed by atoms with van der Waals surface area (Å²) >= 11 is 0. The first kappa shape index (κ1) is 14.1. The van der Waals surface area contributed by atoms with Crippen molar-refractivity contribution in [2.45, 2.75) is 45.3 Å². The van der Waals surface area contributed by atoms with Crippen molar-refractivity contribution in [3.8, 4) is 0 Å². The summed E-state index contributed by atoms with van der Waals surface area (Å²) in [5.41, 5.74) is 0. The number of hydrogen-bond acceptors (Lipinski definition) is 2. The fourth-order valence-corrected chi connectivity index (χ4v) is 1.56. The third-order valence-corrected chi connectivity index (χ3v) is 2.53. The molecule has 1 N–H and O–H groups in total. The number of furan rings is 1. The van der Waals surface area contributed by atoms with E-state index in [2.05, 4.69) is 5.32 Å². The summed E-state index contributed by atoms with van der Waals surface area (Å²) in [6.07, 6.45) is -4.06. The molecule has 17 heavy (non-hydrogen) atoms. The normalized spacial score (nSPS) is 13.9. The Balaban J connectivity index is 2.15. The first-order valence-corrected chi connectivity index (χ1v) is 5.75. The molecule has 0 radical (unpaired) electrons. The lowest BCUT2D eigenvalue weighted by Gasteiger charge is -2.11. The summed E-state index contributed by atoms with van der Waals surface area (Å²) in [4.78, 5) is 0. The van der Waals surface area contributed by atoms with E-state index >= 15 is 0 Å². The fraction of sp³-hybridized carbons (Fsp3) is 0.667. The van der Waals surface area contributed by atoms with Crippen LogP contribution in [0.15, 0.2) is 16.5 Å². The van der Waals surface area contributed by atoms with Gasteiger partial charge in [-0.3, -0.25) is 0 Å². The van der Waals surface area contributed by atoms with Crippen LogP contribution >= 0.6 is 0 Å². The molecule has 0 aliphatic rings. The third kappa shape index (κ3) is 5.77. The molecular weight excluding hydrogens is 231 g/mol. The number of alkyl halides is 3. The van der Waals surface area contributed by atoms with Crippen molar-refractivity contribution in [2.24, 2.45) is 0 Å². The van der Waals surface area contributed by atoms with Crippen molar-refractivity contribution in [2.75, 3.05) is 6.54 Å². The van der Waals surface area contributed by atoms with Crippen molar-refractivity contribution < 1.29 is 17.6 Å². The quantitative estimate of drug-likeness (QED) is 0.772. The molecule has 0 fully saturated rings. The minimum Gasteiger partial charge on any atom is -0.465 e. The van der Waals surface area contributed by atoms with Crippen molar-refractivity contribution in [3.05, 3.63) is 23.7 Å². The van der Waals surface area contributed by atoms with Gasteiger partial charge in [0.25, 0.3) is 0 Å². The maximum absolute atomic E-state index is 11.9. The van der Waals surface area contributed by atoms with E-state index in [9.17, 15) is 13.2 Å². The summed E-state index contributed by atoms with van der Waals surface area (Å²) in [7, 11) is 0. The molecule has 0 aliphatic carbocycles. The fourth-order valence-electron chi connectivity index (χ4n) is 1.56. The van der Waals surface area contributed by atoms with Crippen LogP contribution in [0.1, 0.15) is 43.7 Å². The number of halogens is 3. The summed E-state index contributed by atoms with van der Waals surface area (Å²) < 4.78 is 41.0. The van der Waals surface area contributed by atoms with Crippen LogP contribution in [-0.2, 0) is 0 Å². The SMILES string of the molecule is Cc1ccc(C(C)NCCCCC(F)(F)F)o1. The lowest BCUT2D eigenvalue weighted by Crippen LogP contribution is -2.20.